The molecular weight excluding hydrogens is 435 g/mol. The van der Waals surface area contributed by atoms with Crippen molar-refractivity contribution >= 4 is 34.8 Å². The third-order valence-electron chi connectivity index (χ3n) is 4.11. The van der Waals surface area contributed by atoms with Gasteiger partial charge < -0.3 is 34.6 Å². The van der Waals surface area contributed by atoms with E-state index in [0.717, 1.165) is 0 Å². The first-order valence-corrected chi connectivity index (χ1v) is 9.33. The summed E-state index contributed by atoms with van der Waals surface area (Å²) in [6.07, 6.45) is -7.16. The van der Waals surface area contributed by atoms with Gasteiger partial charge in [0.15, 0.2) is 11.5 Å². The van der Waals surface area contributed by atoms with Crippen molar-refractivity contribution in [2.75, 3.05) is 6.61 Å². The molecule has 0 radical (unpaired) electrons. The number of hydrogen-bond donors (Lipinski definition) is 4. The number of halogens is 3. The van der Waals surface area contributed by atoms with Crippen molar-refractivity contribution in [3.05, 3.63) is 51.5 Å². The Morgan fingerprint density at radius 2 is 1.46 bits per heavy atom. The van der Waals surface area contributed by atoms with E-state index in [1.807, 2.05) is 0 Å². The molecule has 152 valence electrons. The molecule has 0 aromatic heterocycles. The zero-order valence-corrected chi connectivity index (χ0v) is 16.5. The Balaban J connectivity index is 1.86. The normalized spacial score (nSPS) is 27.5. The minimum Gasteiger partial charge on any atom is -0.458 e. The molecule has 2 aromatic carbocycles. The second-order valence-electron chi connectivity index (χ2n) is 6.08. The Bertz CT molecular complexity index is 833. The minimum atomic E-state index is -1.58. The third kappa shape index (κ3) is 4.64. The molecule has 0 spiro atoms. The highest BCUT2D eigenvalue weighted by atomic mass is 35.5. The van der Waals surface area contributed by atoms with Gasteiger partial charge in [0, 0.05) is 16.1 Å². The van der Waals surface area contributed by atoms with E-state index in [0.29, 0.717) is 15.8 Å². The van der Waals surface area contributed by atoms with E-state index in [1.165, 1.54) is 18.2 Å². The van der Waals surface area contributed by atoms with Gasteiger partial charge in [-0.15, -0.1) is 0 Å². The smallest absolute Gasteiger partial charge is 0.229 e. The molecule has 10 heteroatoms. The molecule has 5 atom stereocenters. The molecule has 28 heavy (non-hydrogen) atoms. The Morgan fingerprint density at radius 1 is 0.821 bits per heavy atom. The van der Waals surface area contributed by atoms with Crippen LogP contribution in [0.15, 0.2) is 36.4 Å². The van der Waals surface area contributed by atoms with E-state index in [9.17, 15) is 20.4 Å². The molecule has 1 heterocycles. The van der Waals surface area contributed by atoms with Crippen molar-refractivity contribution in [3.63, 3.8) is 0 Å². The highest BCUT2D eigenvalue weighted by Crippen LogP contribution is 2.39. The standard InChI is InChI=1S/C18H17Cl3O7/c19-8-1-3-11(10(21)5-8)26-12-4-2-9(20)6-13(12)27-18-17(25)16(24)15(23)14(7-22)28-18/h1-6,14-18,22-25H,7H2/t14-,15+,16+,17-,18-/m1/s1. The summed E-state index contributed by atoms with van der Waals surface area (Å²) in [6.45, 7) is -0.579. The summed E-state index contributed by atoms with van der Waals surface area (Å²) in [5, 5.41) is 40.2. The number of rotatable bonds is 5. The monoisotopic (exact) mass is 450 g/mol. The minimum absolute atomic E-state index is 0.0860. The van der Waals surface area contributed by atoms with Gasteiger partial charge in [0.1, 0.15) is 30.2 Å². The molecule has 0 bridgehead atoms. The lowest BCUT2D eigenvalue weighted by Crippen LogP contribution is -2.60. The average Bonchev–Trinajstić information content (AvgIpc) is 2.66. The fraction of sp³-hybridized carbons (Fsp3) is 0.333. The van der Waals surface area contributed by atoms with Gasteiger partial charge in [0.2, 0.25) is 6.29 Å². The predicted octanol–water partition coefficient (Wildman–Crippen LogP) is 2.62. The molecule has 2 aromatic rings. The van der Waals surface area contributed by atoms with Crippen LogP contribution in [0.5, 0.6) is 17.2 Å². The molecule has 1 aliphatic rings. The van der Waals surface area contributed by atoms with E-state index in [2.05, 4.69) is 0 Å². The van der Waals surface area contributed by atoms with Crippen molar-refractivity contribution in [3.8, 4) is 17.2 Å². The fourth-order valence-electron chi connectivity index (χ4n) is 2.62. The Morgan fingerprint density at radius 3 is 2.11 bits per heavy atom. The Labute approximate surface area is 175 Å². The largest absolute Gasteiger partial charge is 0.458 e. The molecule has 0 unspecified atom stereocenters. The molecule has 0 amide bonds. The van der Waals surface area contributed by atoms with Gasteiger partial charge in [-0.2, -0.15) is 0 Å². The molecule has 0 saturated carbocycles. The van der Waals surface area contributed by atoms with Crippen LogP contribution in [0.1, 0.15) is 0 Å². The van der Waals surface area contributed by atoms with Gasteiger partial charge >= 0.3 is 0 Å². The highest BCUT2D eigenvalue weighted by Gasteiger charge is 2.45. The molecule has 7 nitrogen and oxygen atoms in total. The second kappa shape index (κ2) is 9.02. The van der Waals surface area contributed by atoms with Crippen LogP contribution >= 0.6 is 34.8 Å². The van der Waals surface area contributed by atoms with Crippen LogP contribution in [0.3, 0.4) is 0 Å². The number of hydrogen-bond acceptors (Lipinski definition) is 7. The van der Waals surface area contributed by atoms with Gasteiger partial charge in [0.25, 0.3) is 0 Å². The summed E-state index contributed by atoms with van der Waals surface area (Å²) in [7, 11) is 0. The van der Waals surface area contributed by atoms with Crippen LogP contribution in [-0.4, -0.2) is 57.7 Å². The van der Waals surface area contributed by atoms with Crippen LogP contribution in [0.2, 0.25) is 15.1 Å². The first-order chi connectivity index (χ1) is 13.3. The zero-order chi connectivity index (χ0) is 20.4. The number of aliphatic hydroxyl groups excluding tert-OH is 4. The van der Waals surface area contributed by atoms with Crippen molar-refractivity contribution in [1.82, 2.24) is 0 Å². The first kappa shape index (κ1) is 21.4. The topological polar surface area (TPSA) is 109 Å². The fourth-order valence-corrected chi connectivity index (χ4v) is 3.23. The van der Waals surface area contributed by atoms with Gasteiger partial charge in [-0.25, -0.2) is 0 Å². The van der Waals surface area contributed by atoms with E-state index >= 15 is 0 Å². The summed E-state index contributed by atoms with van der Waals surface area (Å²) < 4.78 is 16.7. The van der Waals surface area contributed by atoms with Crippen molar-refractivity contribution in [2.24, 2.45) is 0 Å². The van der Waals surface area contributed by atoms with Crippen LogP contribution in [0.25, 0.3) is 0 Å². The third-order valence-corrected chi connectivity index (χ3v) is 4.88. The first-order valence-electron chi connectivity index (χ1n) is 8.19. The van der Waals surface area contributed by atoms with Crippen molar-refractivity contribution in [2.45, 2.75) is 30.7 Å². The van der Waals surface area contributed by atoms with Crippen LogP contribution in [0, 0.1) is 0 Å². The van der Waals surface area contributed by atoms with E-state index in [-0.39, 0.29) is 16.5 Å². The number of aliphatic hydroxyl groups is 4. The summed E-state index contributed by atoms with van der Waals surface area (Å²) in [5.41, 5.74) is 0. The Hall–Kier alpha value is -1.29. The van der Waals surface area contributed by atoms with Gasteiger partial charge in [-0.3, -0.25) is 0 Å². The SMILES string of the molecule is OC[C@H]1O[C@@H](Oc2cc(Cl)ccc2Oc2ccc(Cl)cc2Cl)[C@H](O)[C@@H](O)[C@H]1O. The summed E-state index contributed by atoms with van der Waals surface area (Å²) in [4.78, 5) is 0. The molecule has 0 aliphatic carbocycles. The van der Waals surface area contributed by atoms with Gasteiger partial charge in [-0.1, -0.05) is 34.8 Å². The number of ether oxygens (including phenoxy) is 3. The van der Waals surface area contributed by atoms with Gasteiger partial charge in [-0.05, 0) is 30.3 Å². The molecule has 1 saturated heterocycles. The maximum atomic E-state index is 10.2. The van der Waals surface area contributed by atoms with E-state index in [4.69, 9.17) is 49.0 Å². The molecular formula is C18H17Cl3O7. The molecule has 3 rings (SSSR count). The lowest BCUT2D eigenvalue weighted by atomic mass is 9.99. The lowest BCUT2D eigenvalue weighted by Gasteiger charge is -2.39. The molecule has 1 fully saturated rings. The Kier molecular flexibility index (Phi) is 6.90. The average molecular weight is 452 g/mol. The van der Waals surface area contributed by atoms with Crippen molar-refractivity contribution < 1.29 is 34.6 Å². The van der Waals surface area contributed by atoms with Crippen molar-refractivity contribution in [1.29, 1.82) is 0 Å². The summed E-state index contributed by atoms with van der Waals surface area (Å²) in [5.74, 6) is 0.584. The van der Waals surface area contributed by atoms with E-state index in [1.54, 1.807) is 18.2 Å². The van der Waals surface area contributed by atoms with Crippen LogP contribution in [0.4, 0.5) is 0 Å². The van der Waals surface area contributed by atoms with Gasteiger partial charge in [0.05, 0.1) is 11.6 Å². The summed E-state index contributed by atoms with van der Waals surface area (Å²) in [6, 6.07) is 9.16. The second-order valence-corrected chi connectivity index (χ2v) is 7.36. The van der Waals surface area contributed by atoms with Crippen LogP contribution in [-0.2, 0) is 4.74 Å². The number of benzene rings is 2. The maximum Gasteiger partial charge on any atom is 0.229 e. The maximum absolute atomic E-state index is 10.2. The highest BCUT2D eigenvalue weighted by molar-refractivity contribution is 6.35. The van der Waals surface area contributed by atoms with E-state index < -0.39 is 37.3 Å². The lowest BCUT2D eigenvalue weighted by molar-refractivity contribution is -0.277. The predicted molar refractivity (Wildman–Crippen MR) is 102 cm³/mol. The quantitative estimate of drug-likeness (QED) is 0.553. The molecule has 4 N–H and O–H groups in total. The van der Waals surface area contributed by atoms with Crippen LogP contribution < -0.4 is 9.47 Å². The molecule has 1 aliphatic heterocycles. The summed E-state index contributed by atoms with van der Waals surface area (Å²) >= 11 is 18.0. The zero-order valence-electron chi connectivity index (χ0n) is 14.2.